The summed E-state index contributed by atoms with van der Waals surface area (Å²) in [4.78, 5) is 0. The van der Waals surface area contributed by atoms with Crippen molar-refractivity contribution in [2.24, 2.45) is 0 Å². The number of aryl methyl sites for hydroxylation is 3. The topological polar surface area (TPSA) is 0 Å². The van der Waals surface area contributed by atoms with Crippen LogP contribution in [0.5, 0.6) is 0 Å². The molecule has 0 heteroatoms. The highest BCUT2D eigenvalue weighted by Crippen LogP contribution is 2.15. The molecule has 3 aromatic carbocycles. The van der Waals surface area contributed by atoms with Gasteiger partial charge in [-0.2, -0.15) is 0 Å². The average Bonchev–Trinajstić information content (AvgIpc) is 2.75. The van der Waals surface area contributed by atoms with Crippen LogP contribution in [0.3, 0.4) is 0 Å². The molecule has 0 unspecified atom stereocenters. The zero-order valence-electron chi connectivity index (χ0n) is 17.4. The second-order valence-electron chi connectivity index (χ2n) is 7.01. The van der Waals surface area contributed by atoms with E-state index in [2.05, 4.69) is 57.2 Å². The smallest absolute Gasteiger partial charge is 0.0395 e. The molecule has 0 amide bonds. The predicted octanol–water partition coefficient (Wildman–Crippen LogP) is 8.33. The highest BCUT2D eigenvalue weighted by Gasteiger charge is 1.95. The molecule has 0 spiro atoms. The summed E-state index contributed by atoms with van der Waals surface area (Å²) in [7, 11) is 0. The lowest BCUT2D eigenvalue weighted by atomic mass is 10.0. The van der Waals surface area contributed by atoms with E-state index in [0.717, 1.165) is 0 Å². The first-order valence-corrected chi connectivity index (χ1v) is 10.2. The SMILES string of the molecule is C1CCCCC1.Cc1ccccc1.Cc1ccccc1C.c1ccccc1. The number of benzene rings is 3. The molecule has 0 radical (unpaired) electrons. The fourth-order valence-electron chi connectivity index (χ4n) is 2.64. The van der Waals surface area contributed by atoms with Gasteiger partial charge < -0.3 is 0 Å². The standard InChI is InChI=1S/C8H10.C7H8.C6H12.C6H6/c1-7-5-3-4-6-8(7)2;1-7-5-3-2-4-6-7;2*1-2-4-6-5-3-1/h3-6H,1-2H3;2-6H,1H3;1-6H2;1-6H. The Morgan fingerprint density at radius 2 is 0.630 bits per heavy atom. The fourth-order valence-corrected chi connectivity index (χ4v) is 2.64. The number of hydrogen-bond donors (Lipinski definition) is 0. The zero-order valence-corrected chi connectivity index (χ0v) is 17.4. The van der Waals surface area contributed by atoms with E-state index in [9.17, 15) is 0 Å². The van der Waals surface area contributed by atoms with Crippen molar-refractivity contribution in [3.05, 3.63) is 108 Å². The molecule has 0 bridgehead atoms. The highest BCUT2D eigenvalue weighted by molar-refractivity contribution is 5.23. The number of rotatable bonds is 0. The second kappa shape index (κ2) is 15.9. The first-order valence-electron chi connectivity index (χ1n) is 10.2. The molecule has 0 heterocycles. The van der Waals surface area contributed by atoms with Crippen molar-refractivity contribution in [3.8, 4) is 0 Å². The van der Waals surface area contributed by atoms with Crippen molar-refractivity contribution in [1.29, 1.82) is 0 Å². The largest absolute Gasteiger partial charge is 0.0623 e. The van der Waals surface area contributed by atoms with Crippen molar-refractivity contribution in [2.75, 3.05) is 0 Å². The molecule has 1 aliphatic carbocycles. The Labute approximate surface area is 167 Å². The molecule has 0 saturated heterocycles. The van der Waals surface area contributed by atoms with Gasteiger partial charge in [-0.15, -0.1) is 0 Å². The van der Waals surface area contributed by atoms with E-state index >= 15 is 0 Å². The predicted molar refractivity (Wildman–Crippen MR) is 121 cm³/mol. The second-order valence-corrected chi connectivity index (χ2v) is 7.01. The van der Waals surface area contributed by atoms with Crippen LogP contribution in [0.2, 0.25) is 0 Å². The molecule has 0 N–H and O–H groups in total. The molecule has 0 nitrogen and oxygen atoms in total. The number of hydrogen-bond acceptors (Lipinski definition) is 0. The van der Waals surface area contributed by atoms with Gasteiger partial charge in [0.15, 0.2) is 0 Å². The maximum atomic E-state index is 2.12. The minimum atomic E-state index is 1.32. The molecular formula is C27H36. The van der Waals surface area contributed by atoms with Crippen LogP contribution in [0.1, 0.15) is 55.2 Å². The molecule has 27 heavy (non-hydrogen) atoms. The summed E-state index contributed by atoms with van der Waals surface area (Å²) < 4.78 is 0. The Bertz CT molecular complexity index is 607. The maximum absolute atomic E-state index is 2.12. The molecule has 1 aliphatic rings. The lowest BCUT2D eigenvalue weighted by Gasteiger charge is -2.05. The van der Waals surface area contributed by atoms with Gasteiger partial charge in [-0.05, 0) is 31.9 Å². The van der Waals surface area contributed by atoms with Gasteiger partial charge in [-0.1, -0.05) is 135 Å². The van der Waals surface area contributed by atoms with Gasteiger partial charge in [0.1, 0.15) is 0 Å². The molecule has 3 aromatic rings. The van der Waals surface area contributed by atoms with Crippen LogP contribution in [0.15, 0.2) is 91.0 Å². The molecule has 1 fully saturated rings. The third kappa shape index (κ3) is 13.5. The fraction of sp³-hybridized carbons (Fsp3) is 0.333. The Hall–Kier alpha value is -2.34. The summed E-state index contributed by atoms with van der Waals surface area (Å²) in [5.41, 5.74) is 4.06. The molecule has 0 aliphatic heterocycles. The van der Waals surface area contributed by atoms with Gasteiger partial charge in [0.25, 0.3) is 0 Å². The van der Waals surface area contributed by atoms with Crippen LogP contribution < -0.4 is 0 Å². The molecule has 4 rings (SSSR count). The van der Waals surface area contributed by atoms with Crippen LogP contribution in [0, 0.1) is 20.8 Å². The third-order valence-electron chi connectivity index (χ3n) is 4.53. The molecule has 144 valence electrons. The van der Waals surface area contributed by atoms with Crippen LogP contribution in [-0.4, -0.2) is 0 Å². The van der Waals surface area contributed by atoms with Gasteiger partial charge in [-0.25, -0.2) is 0 Å². The first kappa shape index (κ1) is 22.7. The van der Waals surface area contributed by atoms with Gasteiger partial charge in [0, 0.05) is 0 Å². The summed E-state index contributed by atoms with van der Waals surface area (Å²) in [6.45, 7) is 6.32. The molecule has 0 aromatic heterocycles. The van der Waals surface area contributed by atoms with Crippen molar-refractivity contribution in [2.45, 2.75) is 59.3 Å². The van der Waals surface area contributed by atoms with Crippen molar-refractivity contribution in [3.63, 3.8) is 0 Å². The lowest BCUT2D eigenvalue weighted by molar-refractivity contribution is 0.504. The third-order valence-corrected chi connectivity index (χ3v) is 4.53. The Morgan fingerprint density at radius 1 is 0.370 bits per heavy atom. The van der Waals surface area contributed by atoms with Gasteiger partial charge >= 0.3 is 0 Å². The molecule has 1 saturated carbocycles. The average molecular weight is 361 g/mol. The van der Waals surface area contributed by atoms with Crippen molar-refractivity contribution >= 4 is 0 Å². The Kier molecular flexibility index (Phi) is 13.4. The van der Waals surface area contributed by atoms with E-state index in [1.807, 2.05) is 54.6 Å². The molecular weight excluding hydrogens is 324 g/mol. The summed E-state index contributed by atoms with van der Waals surface area (Å²) in [5, 5.41) is 0. The first-order chi connectivity index (χ1) is 13.2. The summed E-state index contributed by atoms with van der Waals surface area (Å²) in [6.07, 6.45) is 9.00. The quantitative estimate of drug-likeness (QED) is 0.378. The highest BCUT2D eigenvalue weighted by atomic mass is 14.0. The van der Waals surface area contributed by atoms with Crippen LogP contribution in [0.25, 0.3) is 0 Å². The van der Waals surface area contributed by atoms with E-state index in [4.69, 9.17) is 0 Å². The summed E-state index contributed by atoms with van der Waals surface area (Å²) >= 11 is 0. The Balaban J connectivity index is 0.000000181. The normalized spacial score (nSPS) is 12.1. The van der Waals surface area contributed by atoms with E-state index in [0.29, 0.717) is 0 Å². The summed E-state index contributed by atoms with van der Waals surface area (Å²) in [5.74, 6) is 0. The zero-order chi connectivity index (χ0) is 19.6. The lowest BCUT2D eigenvalue weighted by Crippen LogP contribution is -1.85. The van der Waals surface area contributed by atoms with E-state index in [1.165, 1.54) is 55.2 Å². The van der Waals surface area contributed by atoms with E-state index in [-0.39, 0.29) is 0 Å². The van der Waals surface area contributed by atoms with Crippen molar-refractivity contribution in [1.82, 2.24) is 0 Å². The van der Waals surface area contributed by atoms with Gasteiger partial charge in [-0.3, -0.25) is 0 Å². The minimum Gasteiger partial charge on any atom is -0.0623 e. The van der Waals surface area contributed by atoms with Crippen LogP contribution in [-0.2, 0) is 0 Å². The maximum Gasteiger partial charge on any atom is -0.0395 e. The van der Waals surface area contributed by atoms with Crippen LogP contribution >= 0.6 is 0 Å². The van der Waals surface area contributed by atoms with Gasteiger partial charge in [0.05, 0.1) is 0 Å². The van der Waals surface area contributed by atoms with Gasteiger partial charge in [0.2, 0.25) is 0 Å². The summed E-state index contributed by atoms with van der Waals surface area (Å²) in [6, 6.07) is 30.6. The monoisotopic (exact) mass is 360 g/mol. The minimum absolute atomic E-state index is 1.32. The van der Waals surface area contributed by atoms with E-state index in [1.54, 1.807) is 0 Å². The van der Waals surface area contributed by atoms with Crippen molar-refractivity contribution < 1.29 is 0 Å². The van der Waals surface area contributed by atoms with E-state index < -0.39 is 0 Å². The Morgan fingerprint density at radius 3 is 0.852 bits per heavy atom. The van der Waals surface area contributed by atoms with Crippen LogP contribution in [0.4, 0.5) is 0 Å². The molecule has 0 atom stereocenters.